The van der Waals surface area contributed by atoms with E-state index in [-0.39, 0.29) is 11.1 Å². The number of hydrogen-bond donors (Lipinski definition) is 1. The fraction of sp³-hybridized carbons (Fsp3) is 0.312. The van der Waals surface area contributed by atoms with Gasteiger partial charge in [-0.2, -0.15) is 0 Å². The molecule has 0 bridgehead atoms. The molecule has 0 spiro atoms. The lowest BCUT2D eigenvalue weighted by atomic mass is 9.85. The molecule has 1 N–H and O–H groups in total. The Morgan fingerprint density at radius 1 is 1.14 bits per heavy atom. The number of rotatable bonds is 5. The first kappa shape index (κ1) is 15.0. The summed E-state index contributed by atoms with van der Waals surface area (Å²) in [5, 5.41) is 11.1. The standard InChI is InChI=1S/C16H19N3O2/c1-16(2,12-7-5-4-6-8-12)11-17-14-10-9-13(18-19-14)15(20)21-3/h4-10H,11H2,1-3H3,(H,17,19). The van der Waals surface area contributed by atoms with E-state index in [1.54, 1.807) is 12.1 Å². The number of nitrogens with zero attached hydrogens (tertiary/aromatic N) is 2. The second kappa shape index (κ2) is 6.35. The summed E-state index contributed by atoms with van der Waals surface area (Å²) in [4.78, 5) is 11.3. The molecule has 0 amide bonds. The van der Waals surface area contributed by atoms with Crippen LogP contribution < -0.4 is 5.32 Å². The summed E-state index contributed by atoms with van der Waals surface area (Å²) in [6, 6.07) is 13.6. The second-order valence-electron chi connectivity index (χ2n) is 5.40. The summed E-state index contributed by atoms with van der Waals surface area (Å²) in [5.74, 6) is 0.144. The van der Waals surface area contributed by atoms with Crippen LogP contribution in [0, 0.1) is 0 Å². The smallest absolute Gasteiger partial charge is 0.358 e. The van der Waals surface area contributed by atoms with Gasteiger partial charge in [-0.05, 0) is 17.7 Å². The number of ether oxygens (including phenoxy) is 1. The van der Waals surface area contributed by atoms with Crippen LogP contribution in [0.3, 0.4) is 0 Å². The number of esters is 1. The summed E-state index contributed by atoms with van der Waals surface area (Å²) in [6.45, 7) is 5.03. The minimum Gasteiger partial charge on any atom is -0.464 e. The molecule has 110 valence electrons. The van der Waals surface area contributed by atoms with Gasteiger partial charge in [0.05, 0.1) is 7.11 Å². The van der Waals surface area contributed by atoms with Crippen molar-refractivity contribution in [3.63, 3.8) is 0 Å². The average Bonchev–Trinajstić information content (AvgIpc) is 2.53. The van der Waals surface area contributed by atoms with Gasteiger partial charge in [-0.3, -0.25) is 0 Å². The highest BCUT2D eigenvalue weighted by atomic mass is 16.5. The highest BCUT2D eigenvalue weighted by Gasteiger charge is 2.20. The number of aromatic nitrogens is 2. The summed E-state index contributed by atoms with van der Waals surface area (Å²) < 4.78 is 4.59. The monoisotopic (exact) mass is 285 g/mol. The number of anilines is 1. The van der Waals surface area contributed by atoms with Crippen LogP contribution in [0.15, 0.2) is 42.5 Å². The largest absolute Gasteiger partial charge is 0.464 e. The first-order chi connectivity index (χ1) is 10.0. The van der Waals surface area contributed by atoms with Crippen molar-refractivity contribution in [1.29, 1.82) is 0 Å². The van der Waals surface area contributed by atoms with Crippen molar-refractivity contribution in [2.24, 2.45) is 0 Å². The molecule has 0 saturated heterocycles. The molecule has 0 fully saturated rings. The molecule has 5 nitrogen and oxygen atoms in total. The molecule has 0 saturated carbocycles. The number of carbonyl (C=O) groups is 1. The molecule has 0 aliphatic carbocycles. The molecular formula is C16H19N3O2. The van der Waals surface area contributed by atoms with E-state index in [4.69, 9.17) is 0 Å². The average molecular weight is 285 g/mol. The summed E-state index contributed by atoms with van der Waals surface area (Å²) in [6.07, 6.45) is 0. The summed E-state index contributed by atoms with van der Waals surface area (Å²) in [5.41, 5.74) is 1.41. The van der Waals surface area contributed by atoms with Gasteiger partial charge >= 0.3 is 5.97 Å². The maximum absolute atomic E-state index is 11.3. The molecule has 0 atom stereocenters. The lowest BCUT2D eigenvalue weighted by Gasteiger charge is -2.25. The van der Waals surface area contributed by atoms with Gasteiger partial charge in [0.15, 0.2) is 5.69 Å². The molecule has 0 aliphatic rings. The van der Waals surface area contributed by atoms with Crippen LogP contribution >= 0.6 is 0 Å². The van der Waals surface area contributed by atoms with Crippen LogP contribution in [0.5, 0.6) is 0 Å². The lowest BCUT2D eigenvalue weighted by molar-refractivity contribution is 0.0593. The van der Waals surface area contributed by atoms with Gasteiger partial charge in [0, 0.05) is 12.0 Å². The number of carbonyl (C=O) groups excluding carboxylic acids is 1. The van der Waals surface area contributed by atoms with Crippen molar-refractivity contribution in [2.45, 2.75) is 19.3 Å². The van der Waals surface area contributed by atoms with E-state index in [1.165, 1.54) is 12.7 Å². The zero-order valence-electron chi connectivity index (χ0n) is 12.5. The second-order valence-corrected chi connectivity index (χ2v) is 5.40. The Bertz CT molecular complexity index is 595. The minimum absolute atomic E-state index is 0.0377. The molecule has 0 aliphatic heterocycles. The van der Waals surface area contributed by atoms with E-state index in [0.29, 0.717) is 12.4 Å². The Labute approximate surface area is 124 Å². The third-order valence-corrected chi connectivity index (χ3v) is 3.33. The SMILES string of the molecule is COC(=O)c1ccc(NCC(C)(C)c2ccccc2)nn1. The predicted molar refractivity (Wildman–Crippen MR) is 81.3 cm³/mol. The first-order valence-corrected chi connectivity index (χ1v) is 6.74. The predicted octanol–water partition coefficient (Wildman–Crippen LogP) is 2.65. The van der Waals surface area contributed by atoms with Crippen LogP contribution in [0.1, 0.15) is 29.9 Å². The molecule has 1 aromatic carbocycles. The number of benzene rings is 1. The van der Waals surface area contributed by atoms with Gasteiger partial charge in [-0.25, -0.2) is 4.79 Å². The third kappa shape index (κ3) is 3.78. The van der Waals surface area contributed by atoms with Crippen molar-refractivity contribution < 1.29 is 9.53 Å². The van der Waals surface area contributed by atoms with Crippen LogP contribution in [-0.2, 0) is 10.2 Å². The Hall–Kier alpha value is -2.43. The molecule has 21 heavy (non-hydrogen) atoms. The van der Waals surface area contributed by atoms with Crippen LogP contribution in [0.4, 0.5) is 5.82 Å². The van der Waals surface area contributed by atoms with E-state index in [9.17, 15) is 4.79 Å². The lowest BCUT2D eigenvalue weighted by Crippen LogP contribution is -2.28. The molecule has 5 heteroatoms. The van der Waals surface area contributed by atoms with E-state index in [1.807, 2.05) is 18.2 Å². The topological polar surface area (TPSA) is 64.1 Å². The van der Waals surface area contributed by atoms with Crippen LogP contribution in [-0.4, -0.2) is 29.8 Å². The van der Waals surface area contributed by atoms with Gasteiger partial charge in [0.2, 0.25) is 0 Å². The molecule has 2 aromatic rings. The fourth-order valence-electron chi connectivity index (χ4n) is 1.94. The van der Waals surface area contributed by atoms with Crippen molar-refractivity contribution >= 4 is 11.8 Å². The highest BCUT2D eigenvalue weighted by Crippen LogP contribution is 2.23. The van der Waals surface area contributed by atoms with Crippen molar-refractivity contribution in [3.05, 3.63) is 53.7 Å². The van der Waals surface area contributed by atoms with Crippen molar-refractivity contribution in [1.82, 2.24) is 10.2 Å². The van der Waals surface area contributed by atoms with E-state index >= 15 is 0 Å². The van der Waals surface area contributed by atoms with Crippen LogP contribution in [0.2, 0.25) is 0 Å². The van der Waals surface area contributed by atoms with Crippen LogP contribution in [0.25, 0.3) is 0 Å². The quantitative estimate of drug-likeness (QED) is 0.856. The summed E-state index contributed by atoms with van der Waals surface area (Å²) in [7, 11) is 1.32. The number of nitrogens with one attached hydrogen (secondary N) is 1. The van der Waals surface area contributed by atoms with Gasteiger partial charge in [-0.1, -0.05) is 44.2 Å². The van der Waals surface area contributed by atoms with Crippen molar-refractivity contribution in [3.8, 4) is 0 Å². The fourth-order valence-corrected chi connectivity index (χ4v) is 1.94. The maximum atomic E-state index is 11.3. The Morgan fingerprint density at radius 3 is 2.43 bits per heavy atom. The van der Waals surface area contributed by atoms with Gasteiger partial charge in [0.25, 0.3) is 0 Å². The zero-order valence-corrected chi connectivity index (χ0v) is 12.5. The van der Waals surface area contributed by atoms with E-state index < -0.39 is 5.97 Å². The molecule has 2 rings (SSSR count). The van der Waals surface area contributed by atoms with Gasteiger partial charge in [-0.15, -0.1) is 10.2 Å². The zero-order chi connectivity index (χ0) is 15.3. The molecule has 0 radical (unpaired) electrons. The first-order valence-electron chi connectivity index (χ1n) is 6.74. The minimum atomic E-state index is -0.487. The number of methoxy groups -OCH3 is 1. The Morgan fingerprint density at radius 2 is 1.86 bits per heavy atom. The molecule has 0 unspecified atom stereocenters. The maximum Gasteiger partial charge on any atom is 0.358 e. The van der Waals surface area contributed by atoms with Gasteiger partial charge in [0.1, 0.15) is 5.82 Å². The third-order valence-electron chi connectivity index (χ3n) is 3.33. The molecule has 1 aromatic heterocycles. The summed E-state index contributed by atoms with van der Waals surface area (Å²) >= 11 is 0. The van der Waals surface area contributed by atoms with Crippen molar-refractivity contribution in [2.75, 3.05) is 19.0 Å². The van der Waals surface area contributed by atoms with Gasteiger partial charge < -0.3 is 10.1 Å². The van der Waals surface area contributed by atoms with E-state index in [2.05, 4.69) is 46.2 Å². The molecule has 1 heterocycles. The molecular weight excluding hydrogens is 266 g/mol. The Balaban J connectivity index is 2.01. The van der Waals surface area contributed by atoms with E-state index in [0.717, 1.165) is 0 Å². The normalized spacial score (nSPS) is 11.0. The number of hydrogen-bond acceptors (Lipinski definition) is 5. The Kier molecular flexibility index (Phi) is 4.52. The highest BCUT2D eigenvalue weighted by molar-refractivity contribution is 5.86.